The minimum atomic E-state index is 0.753. The maximum Gasteiger partial charge on any atom is 0.0252 e. The van der Waals surface area contributed by atoms with Gasteiger partial charge in [-0.25, -0.2) is 0 Å². The van der Waals surface area contributed by atoms with Gasteiger partial charge < -0.3 is 5.32 Å². The van der Waals surface area contributed by atoms with Crippen LogP contribution < -0.4 is 5.32 Å². The fraction of sp³-hybridized carbons (Fsp3) is 1.00. The summed E-state index contributed by atoms with van der Waals surface area (Å²) in [5, 5.41) is 3.75. The van der Waals surface area contributed by atoms with E-state index in [1.165, 1.54) is 57.9 Å². The molecule has 0 aromatic rings. The molecule has 2 heteroatoms. The first-order valence-corrected chi connectivity index (χ1v) is 7.82. The first-order chi connectivity index (χ1) is 8.33. The Morgan fingerprint density at radius 1 is 1.00 bits per heavy atom. The number of likely N-dealkylation sites (tertiary alicyclic amines) is 1. The molecular formula is C15H30N2. The Labute approximate surface area is 107 Å². The standard InChI is InChI=1S/C15H30N2/c1-3-16-14-10-5-4-6-11-15(14)17-12-8-7-9-13(17)2/h13-16H,3-12H2,1-2H3. The fourth-order valence-electron chi connectivity index (χ4n) is 3.80. The van der Waals surface area contributed by atoms with Crippen LogP contribution in [0.2, 0.25) is 0 Å². The van der Waals surface area contributed by atoms with Crippen LogP contribution in [-0.4, -0.2) is 36.1 Å². The average molecular weight is 238 g/mol. The molecule has 1 aliphatic heterocycles. The molecule has 2 nitrogen and oxygen atoms in total. The maximum atomic E-state index is 3.75. The van der Waals surface area contributed by atoms with Crippen LogP contribution in [-0.2, 0) is 0 Å². The van der Waals surface area contributed by atoms with Crippen LogP contribution in [0.4, 0.5) is 0 Å². The highest BCUT2D eigenvalue weighted by Gasteiger charge is 2.32. The van der Waals surface area contributed by atoms with Crippen molar-refractivity contribution >= 4 is 0 Å². The molecule has 100 valence electrons. The van der Waals surface area contributed by atoms with E-state index in [-0.39, 0.29) is 0 Å². The third-order valence-electron chi connectivity index (χ3n) is 4.73. The SMILES string of the molecule is CCNC1CCCCCC1N1CCCCC1C. The first kappa shape index (κ1) is 13.4. The molecule has 1 saturated carbocycles. The van der Waals surface area contributed by atoms with E-state index in [4.69, 9.17) is 0 Å². The molecule has 2 fully saturated rings. The van der Waals surface area contributed by atoms with Crippen molar-refractivity contribution in [2.24, 2.45) is 0 Å². The molecule has 3 unspecified atom stereocenters. The number of rotatable bonds is 3. The lowest BCUT2D eigenvalue weighted by Gasteiger charge is -2.43. The smallest absolute Gasteiger partial charge is 0.0252 e. The second-order valence-electron chi connectivity index (χ2n) is 5.95. The summed E-state index contributed by atoms with van der Waals surface area (Å²) in [7, 11) is 0. The van der Waals surface area contributed by atoms with Crippen molar-refractivity contribution in [2.45, 2.75) is 83.3 Å². The maximum absolute atomic E-state index is 3.75. The van der Waals surface area contributed by atoms with Crippen LogP contribution in [0.25, 0.3) is 0 Å². The minimum Gasteiger partial charge on any atom is -0.313 e. The quantitative estimate of drug-likeness (QED) is 0.760. The van der Waals surface area contributed by atoms with Gasteiger partial charge in [-0.15, -0.1) is 0 Å². The number of nitrogens with zero attached hydrogens (tertiary/aromatic N) is 1. The molecule has 1 heterocycles. The fourth-order valence-corrected chi connectivity index (χ4v) is 3.80. The summed E-state index contributed by atoms with van der Waals surface area (Å²) in [6, 6.07) is 2.38. The van der Waals surface area contributed by atoms with Crippen LogP contribution in [0.3, 0.4) is 0 Å². The lowest BCUT2D eigenvalue weighted by Crippen LogP contribution is -2.54. The van der Waals surface area contributed by atoms with Gasteiger partial charge in [0.15, 0.2) is 0 Å². The predicted molar refractivity (Wildman–Crippen MR) is 74.4 cm³/mol. The summed E-state index contributed by atoms with van der Waals surface area (Å²) in [6.07, 6.45) is 11.4. The molecule has 0 aromatic heterocycles. The summed E-state index contributed by atoms with van der Waals surface area (Å²) in [5.74, 6) is 0. The second kappa shape index (κ2) is 6.75. The summed E-state index contributed by atoms with van der Waals surface area (Å²) in [6.45, 7) is 7.16. The van der Waals surface area contributed by atoms with Crippen molar-refractivity contribution in [3.63, 3.8) is 0 Å². The third-order valence-corrected chi connectivity index (χ3v) is 4.73. The summed E-state index contributed by atoms with van der Waals surface area (Å²) in [4.78, 5) is 2.82. The zero-order chi connectivity index (χ0) is 12.1. The monoisotopic (exact) mass is 238 g/mol. The number of nitrogens with one attached hydrogen (secondary N) is 1. The van der Waals surface area contributed by atoms with Crippen molar-refractivity contribution < 1.29 is 0 Å². The molecule has 2 rings (SSSR count). The molecule has 2 aliphatic rings. The van der Waals surface area contributed by atoms with Crippen LogP contribution in [0.5, 0.6) is 0 Å². The second-order valence-corrected chi connectivity index (χ2v) is 5.95. The van der Waals surface area contributed by atoms with E-state index in [9.17, 15) is 0 Å². The molecule has 0 spiro atoms. The molecule has 3 atom stereocenters. The van der Waals surface area contributed by atoms with E-state index in [0.717, 1.165) is 24.7 Å². The summed E-state index contributed by atoms with van der Waals surface area (Å²) < 4.78 is 0. The Morgan fingerprint density at radius 3 is 2.53 bits per heavy atom. The predicted octanol–water partition coefficient (Wildman–Crippen LogP) is 3.17. The highest BCUT2D eigenvalue weighted by Crippen LogP contribution is 2.28. The van der Waals surface area contributed by atoms with Gasteiger partial charge in [-0.05, 0) is 45.7 Å². The highest BCUT2D eigenvalue weighted by molar-refractivity contribution is 4.90. The molecule has 1 N–H and O–H groups in total. The minimum absolute atomic E-state index is 0.753. The largest absolute Gasteiger partial charge is 0.313 e. The van der Waals surface area contributed by atoms with Crippen LogP contribution in [0, 0.1) is 0 Å². The van der Waals surface area contributed by atoms with Gasteiger partial charge in [-0.1, -0.05) is 32.6 Å². The van der Waals surface area contributed by atoms with Gasteiger partial charge in [0.1, 0.15) is 0 Å². The third kappa shape index (κ3) is 3.45. The number of hydrogen-bond acceptors (Lipinski definition) is 2. The van der Waals surface area contributed by atoms with Gasteiger partial charge in [-0.3, -0.25) is 4.90 Å². The van der Waals surface area contributed by atoms with Crippen molar-refractivity contribution in [3.8, 4) is 0 Å². The van der Waals surface area contributed by atoms with E-state index >= 15 is 0 Å². The van der Waals surface area contributed by atoms with Gasteiger partial charge in [-0.2, -0.15) is 0 Å². The Hall–Kier alpha value is -0.0800. The average Bonchev–Trinajstić information content (AvgIpc) is 2.56. The van der Waals surface area contributed by atoms with E-state index in [1.54, 1.807) is 0 Å². The van der Waals surface area contributed by atoms with Crippen molar-refractivity contribution in [1.82, 2.24) is 10.2 Å². The van der Waals surface area contributed by atoms with E-state index in [2.05, 4.69) is 24.1 Å². The highest BCUT2D eigenvalue weighted by atomic mass is 15.2. The Balaban J connectivity index is 2.01. The van der Waals surface area contributed by atoms with E-state index < -0.39 is 0 Å². The zero-order valence-corrected chi connectivity index (χ0v) is 11.8. The lowest BCUT2D eigenvalue weighted by molar-refractivity contribution is 0.0768. The molecule has 17 heavy (non-hydrogen) atoms. The van der Waals surface area contributed by atoms with Crippen molar-refractivity contribution in [3.05, 3.63) is 0 Å². The van der Waals surface area contributed by atoms with E-state index in [1.807, 2.05) is 0 Å². The normalized spacial score (nSPS) is 36.7. The summed E-state index contributed by atoms with van der Waals surface area (Å²) in [5.41, 5.74) is 0. The van der Waals surface area contributed by atoms with Crippen LogP contribution >= 0.6 is 0 Å². The lowest BCUT2D eigenvalue weighted by atomic mass is 9.94. The zero-order valence-electron chi connectivity index (χ0n) is 11.8. The van der Waals surface area contributed by atoms with Gasteiger partial charge in [0.05, 0.1) is 0 Å². The van der Waals surface area contributed by atoms with Crippen molar-refractivity contribution in [2.75, 3.05) is 13.1 Å². The molecule has 0 radical (unpaired) electrons. The van der Waals surface area contributed by atoms with Crippen LogP contribution in [0.15, 0.2) is 0 Å². The van der Waals surface area contributed by atoms with Gasteiger partial charge >= 0.3 is 0 Å². The molecule has 0 amide bonds. The van der Waals surface area contributed by atoms with Crippen LogP contribution in [0.1, 0.15) is 65.2 Å². The molecule has 0 bridgehead atoms. The first-order valence-electron chi connectivity index (χ1n) is 7.82. The number of likely N-dealkylation sites (N-methyl/N-ethyl adjacent to an activating group) is 1. The Kier molecular flexibility index (Phi) is 5.30. The summed E-state index contributed by atoms with van der Waals surface area (Å²) >= 11 is 0. The topological polar surface area (TPSA) is 15.3 Å². The molecule has 1 aliphatic carbocycles. The molecular weight excluding hydrogens is 208 g/mol. The van der Waals surface area contributed by atoms with Crippen molar-refractivity contribution in [1.29, 1.82) is 0 Å². The van der Waals surface area contributed by atoms with Gasteiger partial charge in [0.2, 0.25) is 0 Å². The number of hydrogen-bond donors (Lipinski definition) is 1. The molecule has 0 aromatic carbocycles. The Morgan fingerprint density at radius 2 is 1.76 bits per heavy atom. The molecule has 1 saturated heterocycles. The Bertz CT molecular complexity index is 217. The number of piperidine rings is 1. The van der Waals surface area contributed by atoms with Gasteiger partial charge in [0, 0.05) is 18.1 Å². The van der Waals surface area contributed by atoms with Gasteiger partial charge in [0.25, 0.3) is 0 Å². The van der Waals surface area contributed by atoms with E-state index in [0.29, 0.717) is 0 Å².